The first-order valence-corrected chi connectivity index (χ1v) is 7.16. The Bertz CT molecular complexity index is 517. The van der Waals surface area contributed by atoms with Gasteiger partial charge in [-0.3, -0.25) is 9.59 Å². The van der Waals surface area contributed by atoms with Gasteiger partial charge in [-0.25, -0.2) is 0 Å². The first kappa shape index (κ1) is 14.7. The van der Waals surface area contributed by atoms with Crippen molar-refractivity contribution in [2.45, 2.75) is 20.8 Å². The molecule has 1 fully saturated rings. The van der Waals surface area contributed by atoms with Crippen molar-refractivity contribution in [1.82, 2.24) is 9.80 Å². The molecule has 1 aliphatic rings. The summed E-state index contributed by atoms with van der Waals surface area (Å²) in [4.78, 5) is 28.6. The zero-order chi connectivity index (χ0) is 14.7. The maximum Gasteiger partial charge on any atom is 0.295 e. The summed E-state index contributed by atoms with van der Waals surface area (Å²) in [6.07, 6.45) is 0. The van der Waals surface area contributed by atoms with E-state index in [2.05, 4.69) is 11.8 Å². The smallest absolute Gasteiger partial charge is 0.295 e. The quantitative estimate of drug-likeness (QED) is 0.621. The van der Waals surface area contributed by atoms with Gasteiger partial charge in [0.15, 0.2) is 0 Å². The number of benzene rings is 1. The fraction of sp³-hybridized carbons (Fsp3) is 0.500. The van der Waals surface area contributed by atoms with Crippen LogP contribution in [-0.4, -0.2) is 54.2 Å². The standard InChI is InChI=1S/C16H22N2O2/c1-4-17-7-9-18(10-8-17)16(20)15(19)14-6-5-12(2)11-13(14)3/h5-6,11H,4,7-10H2,1-3H3. The molecule has 1 aromatic rings. The molecule has 0 unspecified atom stereocenters. The summed E-state index contributed by atoms with van der Waals surface area (Å²) in [5.74, 6) is -0.750. The maximum atomic E-state index is 12.3. The number of Topliss-reactive ketones (excluding diaryl/α,β-unsaturated/α-hetero) is 1. The van der Waals surface area contributed by atoms with E-state index in [1.165, 1.54) is 0 Å². The Kier molecular flexibility index (Phi) is 4.55. The molecule has 1 aliphatic heterocycles. The van der Waals surface area contributed by atoms with Crippen molar-refractivity contribution in [1.29, 1.82) is 0 Å². The molecule has 0 aromatic heterocycles. The van der Waals surface area contributed by atoms with E-state index in [9.17, 15) is 9.59 Å². The number of hydrogen-bond donors (Lipinski definition) is 0. The van der Waals surface area contributed by atoms with Crippen LogP contribution >= 0.6 is 0 Å². The Morgan fingerprint density at radius 3 is 2.30 bits per heavy atom. The van der Waals surface area contributed by atoms with Crippen LogP contribution in [0.2, 0.25) is 0 Å². The van der Waals surface area contributed by atoms with E-state index >= 15 is 0 Å². The van der Waals surface area contributed by atoms with Crippen molar-refractivity contribution in [2.24, 2.45) is 0 Å². The zero-order valence-electron chi connectivity index (χ0n) is 12.5. The van der Waals surface area contributed by atoms with Crippen molar-refractivity contribution in [3.8, 4) is 0 Å². The van der Waals surface area contributed by atoms with Crippen molar-refractivity contribution < 1.29 is 9.59 Å². The molecule has 0 spiro atoms. The minimum atomic E-state index is -0.382. The van der Waals surface area contributed by atoms with Crippen LogP contribution in [0.1, 0.15) is 28.4 Å². The first-order chi connectivity index (χ1) is 9.52. The van der Waals surface area contributed by atoms with Crippen LogP contribution in [0.5, 0.6) is 0 Å². The van der Waals surface area contributed by atoms with Gasteiger partial charge in [0.1, 0.15) is 0 Å². The van der Waals surface area contributed by atoms with E-state index in [-0.39, 0.29) is 11.7 Å². The van der Waals surface area contributed by atoms with Crippen LogP contribution < -0.4 is 0 Å². The van der Waals surface area contributed by atoms with E-state index in [4.69, 9.17) is 0 Å². The minimum Gasteiger partial charge on any atom is -0.333 e. The second kappa shape index (κ2) is 6.18. The van der Waals surface area contributed by atoms with E-state index < -0.39 is 0 Å². The molecule has 1 saturated heterocycles. The number of carbonyl (C=O) groups excluding carboxylic acids is 2. The summed E-state index contributed by atoms with van der Waals surface area (Å²) in [5, 5.41) is 0. The van der Waals surface area contributed by atoms with E-state index in [1.54, 1.807) is 11.0 Å². The van der Waals surface area contributed by atoms with Gasteiger partial charge in [-0.05, 0) is 26.0 Å². The molecule has 1 heterocycles. The van der Waals surface area contributed by atoms with E-state index in [1.807, 2.05) is 26.0 Å². The summed E-state index contributed by atoms with van der Waals surface area (Å²) in [5.41, 5.74) is 2.50. The highest BCUT2D eigenvalue weighted by atomic mass is 16.2. The molecule has 0 atom stereocenters. The van der Waals surface area contributed by atoms with Gasteiger partial charge in [0.2, 0.25) is 0 Å². The molecule has 0 radical (unpaired) electrons. The highest BCUT2D eigenvalue weighted by molar-refractivity contribution is 6.43. The first-order valence-electron chi connectivity index (χ1n) is 7.16. The molecule has 108 valence electrons. The maximum absolute atomic E-state index is 12.3. The highest BCUT2D eigenvalue weighted by Crippen LogP contribution is 2.13. The Morgan fingerprint density at radius 2 is 1.75 bits per heavy atom. The van der Waals surface area contributed by atoms with Crippen LogP contribution in [0.15, 0.2) is 18.2 Å². The number of amides is 1. The van der Waals surface area contributed by atoms with Gasteiger partial charge in [0, 0.05) is 31.7 Å². The SMILES string of the molecule is CCN1CCN(C(=O)C(=O)c2ccc(C)cc2C)CC1. The third-order valence-corrected chi connectivity index (χ3v) is 3.93. The van der Waals surface area contributed by atoms with Crippen LogP contribution in [-0.2, 0) is 4.79 Å². The van der Waals surface area contributed by atoms with E-state index in [0.717, 1.165) is 30.8 Å². The lowest BCUT2D eigenvalue weighted by molar-refractivity contribution is -0.128. The summed E-state index contributed by atoms with van der Waals surface area (Å²) in [6.45, 7) is 9.94. The van der Waals surface area contributed by atoms with Crippen molar-refractivity contribution in [3.05, 3.63) is 34.9 Å². The molecular formula is C16H22N2O2. The van der Waals surface area contributed by atoms with Gasteiger partial charge in [0.25, 0.3) is 11.7 Å². The van der Waals surface area contributed by atoms with Crippen LogP contribution in [0.3, 0.4) is 0 Å². The monoisotopic (exact) mass is 274 g/mol. The minimum absolute atomic E-state index is 0.368. The van der Waals surface area contributed by atoms with Gasteiger partial charge in [-0.2, -0.15) is 0 Å². The van der Waals surface area contributed by atoms with Gasteiger partial charge >= 0.3 is 0 Å². The number of carbonyl (C=O) groups is 2. The number of rotatable bonds is 3. The normalized spacial score (nSPS) is 16.2. The molecule has 4 heteroatoms. The fourth-order valence-electron chi connectivity index (χ4n) is 2.59. The molecule has 0 saturated carbocycles. The van der Waals surface area contributed by atoms with Gasteiger partial charge < -0.3 is 9.80 Å². The molecule has 4 nitrogen and oxygen atoms in total. The predicted octanol–water partition coefficient (Wildman–Crippen LogP) is 1.65. The Labute approximate surface area is 120 Å². The van der Waals surface area contributed by atoms with Crippen molar-refractivity contribution in [3.63, 3.8) is 0 Å². The third-order valence-electron chi connectivity index (χ3n) is 3.93. The number of piperazine rings is 1. The fourth-order valence-corrected chi connectivity index (χ4v) is 2.59. The largest absolute Gasteiger partial charge is 0.333 e. The number of hydrogen-bond acceptors (Lipinski definition) is 3. The molecule has 2 rings (SSSR count). The summed E-state index contributed by atoms with van der Waals surface area (Å²) in [6, 6.07) is 5.57. The zero-order valence-corrected chi connectivity index (χ0v) is 12.5. The highest BCUT2D eigenvalue weighted by Gasteiger charge is 2.27. The average molecular weight is 274 g/mol. The molecule has 0 N–H and O–H groups in total. The molecule has 0 aliphatic carbocycles. The predicted molar refractivity (Wildman–Crippen MR) is 78.9 cm³/mol. The molecule has 1 amide bonds. The van der Waals surface area contributed by atoms with Gasteiger partial charge in [-0.1, -0.05) is 30.7 Å². The Hall–Kier alpha value is -1.68. The Morgan fingerprint density at radius 1 is 1.10 bits per heavy atom. The van der Waals surface area contributed by atoms with Crippen LogP contribution in [0, 0.1) is 13.8 Å². The lowest BCUT2D eigenvalue weighted by atomic mass is 10.0. The topological polar surface area (TPSA) is 40.6 Å². The lowest BCUT2D eigenvalue weighted by Gasteiger charge is -2.33. The summed E-state index contributed by atoms with van der Waals surface area (Å²) >= 11 is 0. The Balaban J connectivity index is 2.07. The van der Waals surface area contributed by atoms with Crippen LogP contribution in [0.25, 0.3) is 0 Å². The third kappa shape index (κ3) is 3.07. The van der Waals surface area contributed by atoms with E-state index in [0.29, 0.717) is 18.7 Å². The molecule has 20 heavy (non-hydrogen) atoms. The second-order valence-corrected chi connectivity index (χ2v) is 5.37. The van der Waals surface area contributed by atoms with Gasteiger partial charge in [0.05, 0.1) is 0 Å². The van der Waals surface area contributed by atoms with Crippen molar-refractivity contribution >= 4 is 11.7 Å². The number of nitrogens with zero attached hydrogens (tertiary/aromatic N) is 2. The molecule has 0 bridgehead atoms. The second-order valence-electron chi connectivity index (χ2n) is 5.37. The summed E-state index contributed by atoms with van der Waals surface area (Å²) < 4.78 is 0. The van der Waals surface area contributed by atoms with Crippen molar-refractivity contribution in [2.75, 3.05) is 32.7 Å². The average Bonchev–Trinajstić information content (AvgIpc) is 2.46. The van der Waals surface area contributed by atoms with Crippen LogP contribution in [0.4, 0.5) is 0 Å². The molecular weight excluding hydrogens is 252 g/mol. The number of aryl methyl sites for hydroxylation is 2. The number of ketones is 1. The molecule has 1 aromatic carbocycles. The lowest BCUT2D eigenvalue weighted by Crippen LogP contribution is -2.50. The summed E-state index contributed by atoms with van der Waals surface area (Å²) in [7, 11) is 0. The number of likely N-dealkylation sites (N-methyl/N-ethyl adjacent to an activating group) is 1. The van der Waals surface area contributed by atoms with Gasteiger partial charge in [-0.15, -0.1) is 0 Å².